The van der Waals surface area contributed by atoms with Crippen LogP contribution in [0, 0.1) is 11.8 Å². The number of anilines is 1. The Morgan fingerprint density at radius 3 is 2.60 bits per heavy atom. The van der Waals surface area contributed by atoms with E-state index in [0.717, 1.165) is 5.69 Å². The number of carbonyl (C=O) groups excluding carboxylic acids is 2. The number of hydrogen-bond donors (Lipinski definition) is 1. The SMILES string of the molecule is O=C(CCO)N1C[C@H]2CN(c3ccccc3)C(=O)[C@H]2C1. The van der Waals surface area contributed by atoms with E-state index < -0.39 is 0 Å². The second kappa shape index (κ2) is 5.25. The topological polar surface area (TPSA) is 60.9 Å². The number of aliphatic hydroxyl groups is 1. The van der Waals surface area contributed by atoms with Gasteiger partial charge in [-0.15, -0.1) is 0 Å². The maximum atomic E-state index is 12.5. The molecule has 106 valence electrons. The van der Waals surface area contributed by atoms with Crippen molar-refractivity contribution in [3.8, 4) is 0 Å². The fourth-order valence-corrected chi connectivity index (χ4v) is 3.16. The van der Waals surface area contributed by atoms with Crippen LogP contribution in [0.2, 0.25) is 0 Å². The first-order chi connectivity index (χ1) is 9.70. The lowest BCUT2D eigenvalue weighted by molar-refractivity contribution is -0.131. The van der Waals surface area contributed by atoms with Gasteiger partial charge in [0.25, 0.3) is 0 Å². The van der Waals surface area contributed by atoms with E-state index in [1.165, 1.54) is 0 Å². The van der Waals surface area contributed by atoms with Gasteiger partial charge in [-0.1, -0.05) is 18.2 Å². The van der Waals surface area contributed by atoms with Crippen molar-refractivity contribution in [2.45, 2.75) is 6.42 Å². The average Bonchev–Trinajstić information content (AvgIpc) is 3.00. The lowest BCUT2D eigenvalue weighted by atomic mass is 10.0. The van der Waals surface area contributed by atoms with Gasteiger partial charge in [0.15, 0.2) is 0 Å². The minimum atomic E-state index is -0.130. The van der Waals surface area contributed by atoms with Crippen molar-refractivity contribution in [3.63, 3.8) is 0 Å². The first kappa shape index (κ1) is 13.1. The molecule has 2 aliphatic heterocycles. The lowest BCUT2D eigenvalue weighted by Gasteiger charge is -2.21. The Morgan fingerprint density at radius 2 is 1.95 bits per heavy atom. The van der Waals surface area contributed by atoms with E-state index in [9.17, 15) is 9.59 Å². The Bertz CT molecular complexity index is 517. The normalized spacial score (nSPS) is 25.1. The summed E-state index contributed by atoms with van der Waals surface area (Å²) in [7, 11) is 0. The Kier molecular flexibility index (Phi) is 3.44. The molecule has 2 saturated heterocycles. The fraction of sp³-hybridized carbons (Fsp3) is 0.467. The molecule has 5 heteroatoms. The van der Waals surface area contributed by atoms with Gasteiger partial charge in [0.1, 0.15) is 0 Å². The smallest absolute Gasteiger partial charge is 0.232 e. The lowest BCUT2D eigenvalue weighted by Crippen LogP contribution is -2.35. The van der Waals surface area contributed by atoms with Gasteiger partial charge < -0.3 is 14.9 Å². The van der Waals surface area contributed by atoms with E-state index in [2.05, 4.69) is 0 Å². The summed E-state index contributed by atoms with van der Waals surface area (Å²) >= 11 is 0. The molecule has 2 fully saturated rings. The molecule has 2 atom stereocenters. The van der Waals surface area contributed by atoms with Crippen molar-refractivity contribution in [2.24, 2.45) is 11.8 Å². The van der Waals surface area contributed by atoms with Gasteiger partial charge in [-0.05, 0) is 12.1 Å². The van der Waals surface area contributed by atoms with Crippen LogP contribution in [0.5, 0.6) is 0 Å². The van der Waals surface area contributed by atoms with E-state index in [1.807, 2.05) is 35.2 Å². The Balaban J connectivity index is 1.70. The third-order valence-electron chi connectivity index (χ3n) is 4.19. The molecule has 0 spiro atoms. The Morgan fingerprint density at radius 1 is 1.20 bits per heavy atom. The monoisotopic (exact) mass is 274 g/mol. The summed E-state index contributed by atoms with van der Waals surface area (Å²) < 4.78 is 0. The number of hydrogen-bond acceptors (Lipinski definition) is 3. The molecule has 0 aliphatic carbocycles. The van der Waals surface area contributed by atoms with Crippen LogP contribution < -0.4 is 4.90 Å². The van der Waals surface area contributed by atoms with Crippen LogP contribution in [-0.2, 0) is 9.59 Å². The van der Waals surface area contributed by atoms with Crippen LogP contribution >= 0.6 is 0 Å². The third kappa shape index (κ3) is 2.18. The number of para-hydroxylation sites is 1. The molecule has 5 nitrogen and oxygen atoms in total. The quantitative estimate of drug-likeness (QED) is 0.872. The van der Waals surface area contributed by atoms with Gasteiger partial charge in [-0.2, -0.15) is 0 Å². The van der Waals surface area contributed by atoms with Crippen LogP contribution in [0.25, 0.3) is 0 Å². The zero-order valence-electron chi connectivity index (χ0n) is 11.2. The van der Waals surface area contributed by atoms with E-state index in [0.29, 0.717) is 19.6 Å². The van der Waals surface area contributed by atoms with E-state index in [4.69, 9.17) is 5.11 Å². The van der Waals surface area contributed by atoms with Crippen molar-refractivity contribution in [3.05, 3.63) is 30.3 Å². The number of rotatable bonds is 3. The predicted molar refractivity (Wildman–Crippen MR) is 74.1 cm³/mol. The van der Waals surface area contributed by atoms with Gasteiger partial charge in [0.05, 0.1) is 12.5 Å². The zero-order chi connectivity index (χ0) is 14.1. The number of nitrogens with zero attached hydrogens (tertiary/aromatic N) is 2. The summed E-state index contributed by atoms with van der Waals surface area (Å²) in [5.41, 5.74) is 0.931. The van der Waals surface area contributed by atoms with Gasteiger partial charge in [-0.25, -0.2) is 0 Å². The molecule has 0 saturated carbocycles. The van der Waals surface area contributed by atoms with Gasteiger partial charge in [-0.3, -0.25) is 9.59 Å². The molecule has 0 aromatic heterocycles. The minimum absolute atomic E-state index is 0.0547. The molecule has 20 heavy (non-hydrogen) atoms. The summed E-state index contributed by atoms with van der Waals surface area (Å²) in [6, 6.07) is 9.66. The molecule has 3 rings (SSSR count). The maximum Gasteiger partial charge on any atom is 0.232 e. The van der Waals surface area contributed by atoms with Gasteiger partial charge >= 0.3 is 0 Å². The molecular weight excluding hydrogens is 256 g/mol. The summed E-state index contributed by atoms with van der Waals surface area (Å²) in [4.78, 5) is 27.8. The van der Waals surface area contributed by atoms with Crippen molar-refractivity contribution in [1.29, 1.82) is 0 Å². The number of carbonyl (C=O) groups is 2. The summed E-state index contributed by atoms with van der Waals surface area (Å²) in [5.74, 6) is 0.185. The number of likely N-dealkylation sites (tertiary alicyclic amines) is 1. The summed E-state index contributed by atoms with van der Waals surface area (Å²) in [5, 5.41) is 8.82. The molecule has 1 aromatic rings. The predicted octanol–water partition coefficient (Wildman–Crippen LogP) is 0.490. The standard InChI is InChI=1S/C15H18N2O3/c18-7-6-14(19)16-8-11-9-17(15(20)13(11)10-16)12-4-2-1-3-5-12/h1-5,11,13,18H,6-10H2/t11-,13-/m0/s1. The minimum Gasteiger partial charge on any atom is -0.396 e. The molecule has 0 bridgehead atoms. The first-order valence-electron chi connectivity index (χ1n) is 6.95. The molecule has 1 N–H and O–H groups in total. The molecule has 0 unspecified atom stereocenters. The second-order valence-electron chi connectivity index (χ2n) is 5.42. The maximum absolute atomic E-state index is 12.5. The third-order valence-corrected chi connectivity index (χ3v) is 4.19. The van der Waals surface area contributed by atoms with E-state index >= 15 is 0 Å². The van der Waals surface area contributed by atoms with Gasteiger partial charge in [0.2, 0.25) is 11.8 Å². The van der Waals surface area contributed by atoms with Crippen molar-refractivity contribution in [2.75, 3.05) is 31.1 Å². The molecule has 2 heterocycles. The summed E-state index contributed by atoms with van der Waals surface area (Å²) in [6.07, 6.45) is 0.149. The number of amides is 2. The van der Waals surface area contributed by atoms with Crippen molar-refractivity contribution >= 4 is 17.5 Å². The average molecular weight is 274 g/mol. The molecule has 0 radical (unpaired) electrons. The van der Waals surface area contributed by atoms with Crippen LogP contribution in [-0.4, -0.2) is 48.1 Å². The molecule has 2 amide bonds. The second-order valence-corrected chi connectivity index (χ2v) is 5.42. The highest BCUT2D eigenvalue weighted by Gasteiger charge is 2.47. The highest BCUT2D eigenvalue weighted by Crippen LogP contribution is 2.35. The van der Waals surface area contributed by atoms with Crippen molar-refractivity contribution < 1.29 is 14.7 Å². The number of benzene rings is 1. The van der Waals surface area contributed by atoms with Crippen LogP contribution in [0.15, 0.2) is 30.3 Å². The largest absolute Gasteiger partial charge is 0.396 e. The van der Waals surface area contributed by atoms with Crippen molar-refractivity contribution in [1.82, 2.24) is 4.90 Å². The number of aliphatic hydroxyl groups excluding tert-OH is 1. The molecular formula is C15H18N2O3. The number of fused-ring (bicyclic) bond motifs is 1. The summed E-state index contributed by atoms with van der Waals surface area (Å²) in [6.45, 7) is 1.66. The molecule has 2 aliphatic rings. The Hall–Kier alpha value is -1.88. The van der Waals surface area contributed by atoms with Gasteiger partial charge in [0, 0.05) is 37.7 Å². The Labute approximate surface area is 117 Å². The highest BCUT2D eigenvalue weighted by molar-refractivity contribution is 5.98. The van der Waals surface area contributed by atoms with Crippen LogP contribution in [0.3, 0.4) is 0 Å². The van der Waals surface area contributed by atoms with E-state index in [-0.39, 0.29) is 36.7 Å². The zero-order valence-corrected chi connectivity index (χ0v) is 11.2. The molecule has 1 aromatic carbocycles. The highest BCUT2D eigenvalue weighted by atomic mass is 16.3. The van der Waals surface area contributed by atoms with Crippen LogP contribution in [0.4, 0.5) is 5.69 Å². The van der Waals surface area contributed by atoms with E-state index in [1.54, 1.807) is 4.90 Å². The van der Waals surface area contributed by atoms with Crippen LogP contribution in [0.1, 0.15) is 6.42 Å². The fourth-order valence-electron chi connectivity index (χ4n) is 3.16. The first-order valence-corrected chi connectivity index (χ1v) is 6.95.